The fourth-order valence-electron chi connectivity index (χ4n) is 2.90. The Bertz CT molecular complexity index is 1120. The van der Waals surface area contributed by atoms with Gasteiger partial charge in [-0.15, -0.1) is 0 Å². The molecule has 4 N–H and O–H groups in total. The molecule has 29 heavy (non-hydrogen) atoms. The molecule has 0 aliphatic rings. The van der Waals surface area contributed by atoms with Crippen molar-refractivity contribution in [1.82, 2.24) is 0 Å². The summed E-state index contributed by atoms with van der Waals surface area (Å²) >= 11 is 0. The number of hydrogen-bond donors (Lipinski definition) is 3. The molecule has 0 aromatic heterocycles. The molecule has 8 heteroatoms. The average molecular weight is 404 g/mol. The van der Waals surface area contributed by atoms with Crippen LogP contribution in [0.2, 0.25) is 0 Å². The minimum Gasteiger partial charge on any atom is -0.478 e. The highest BCUT2D eigenvalue weighted by molar-refractivity contribution is 5.95. The van der Waals surface area contributed by atoms with Crippen molar-refractivity contribution in [1.29, 1.82) is 0 Å². The number of anilines is 3. The molecule has 0 spiro atoms. The zero-order valence-electron chi connectivity index (χ0n) is 15.2. The number of carboxylic acids is 1. The lowest BCUT2D eigenvalue weighted by Gasteiger charge is -2.15. The number of carboxylic acid groups (broad SMARTS) is 1. The Morgan fingerprint density at radius 3 is 2.38 bits per heavy atom. The Labute approximate surface area is 163 Å². The molecule has 0 atom stereocenters. The van der Waals surface area contributed by atoms with Crippen molar-refractivity contribution in [3.8, 4) is 0 Å². The minimum absolute atomic E-state index is 0.0232. The lowest BCUT2D eigenvalue weighted by molar-refractivity contribution is 0.0697. The number of hydrogen-bond acceptors (Lipinski definition) is 3. The summed E-state index contributed by atoms with van der Waals surface area (Å²) in [5.74, 6) is -6.00. The molecule has 0 heterocycles. The predicted molar refractivity (Wildman–Crippen MR) is 101 cm³/mol. The Balaban J connectivity index is 2.08. The monoisotopic (exact) mass is 404 g/mol. The van der Waals surface area contributed by atoms with Gasteiger partial charge in [-0.25, -0.2) is 22.4 Å². The second-order valence-corrected chi connectivity index (χ2v) is 6.50. The van der Waals surface area contributed by atoms with E-state index < -0.39 is 46.9 Å². The van der Waals surface area contributed by atoms with Gasteiger partial charge in [0.25, 0.3) is 0 Å². The quantitative estimate of drug-likeness (QED) is 0.405. The highest BCUT2D eigenvalue weighted by Gasteiger charge is 2.24. The Hall–Kier alpha value is -3.55. The van der Waals surface area contributed by atoms with E-state index in [1.54, 1.807) is 6.92 Å². The topological polar surface area (TPSA) is 75.3 Å². The van der Waals surface area contributed by atoms with Crippen molar-refractivity contribution >= 4 is 23.0 Å². The maximum absolute atomic E-state index is 14.7. The molecular weight excluding hydrogens is 388 g/mol. The van der Waals surface area contributed by atoms with Gasteiger partial charge in [-0.1, -0.05) is 18.2 Å². The van der Waals surface area contributed by atoms with Gasteiger partial charge < -0.3 is 16.2 Å². The van der Waals surface area contributed by atoms with E-state index >= 15 is 0 Å². The number of rotatable bonds is 5. The lowest BCUT2D eigenvalue weighted by Crippen LogP contribution is -2.11. The first-order valence-electron chi connectivity index (χ1n) is 8.49. The number of halogens is 4. The van der Waals surface area contributed by atoms with Gasteiger partial charge >= 0.3 is 5.97 Å². The average Bonchev–Trinajstić information content (AvgIpc) is 2.66. The molecule has 0 aliphatic heterocycles. The standard InChI is InChI=1S/C21H16F4N2O2/c1-10-5-6-16(14(22)7-10)27-20-13(21(28)29)9-12(18(24)19(20)25)8-11-3-2-4-15(26)17(11)23/h2-7,9,27H,8,26H2,1H3,(H,28,29). The van der Waals surface area contributed by atoms with E-state index in [9.17, 15) is 27.5 Å². The van der Waals surface area contributed by atoms with Crippen LogP contribution < -0.4 is 11.1 Å². The summed E-state index contributed by atoms with van der Waals surface area (Å²) in [4.78, 5) is 11.6. The summed E-state index contributed by atoms with van der Waals surface area (Å²) in [5, 5.41) is 11.7. The van der Waals surface area contributed by atoms with Gasteiger partial charge in [0.05, 0.1) is 22.6 Å². The third-order valence-corrected chi connectivity index (χ3v) is 4.39. The van der Waals surface area contributed by atoms with Crippen molar-refractivity contribution < 1.29 is 27.5 Å². The molecule has 150 valence electrons. The van der Waals surface area contributed by atoms with Gasteiger partial charge in [0.2, 0.25) is 0 Å². The number of nitrogen functional groups attached to an aromatic ring is 1. The van der Waals surface area contributed by atoms with Crippen molar-refractivity contribution in [2.45, 2.75) is 13.3 Å². The van der Waals surface area contributed by atoms with E-state index in [0.717, 1.165) is 12.1 Å². The summed E-state index contributed by atoms with van der Waals surface area (Å²) in [5.41, 5.74) is 3.93. The summed E-state index contributed by atoms with van der Waals surface area (Å²) in [6, 6.07) is 8.93. The van der Waals surface area contributed by atoms with Gasteiger partial charge in [-0.05, 0) is 47.9 Å². The van der Waals surface area contributed by atoms with Crippen LogP contribution in [0.3, 0.4) is 0 Å². The van der Waals surface area contributed by atoms with Gasteiger partial charge in [0.15, 0.2) is 11.6 Å². The van der Waals surface area contributed by atoms with Crippen LogP contribution in [-0.4, -0.2) is 11.1 Å². The van der Waals surface area contributed by atoms with E-state index in [2.05, 4.69) is 5.32 Å². The molecule has 0 saturated heterocycles. The summed E-state index contributed by atoms with van der Waals surface area (Å²) in [7, 11) is 0. The number of nitrogens with two attached hydrogens (primary N) is 1. The van der Waals surface area contributed by atoms with Crippen molar-refractivity contribution in [2.24, 2.45) is 0 Å². The van der Waals surface area contributed by atoms with Crippen LogP contribution in [0.15, 0.2) is 42.5 Å². The summed E-state index contributed by atoms with van der Waals surface area (Å²) in [6.07, 6.45) is -0.418. The van der Waals surface area contributed by atoms with Crippen LogP contribution >= 0.6 is 0 Å². The molecule has 3 aromatic carbocycles. The van der Waals surface area contributed by atoms with Crippen LogP contribution in [-0.2, 0) is 6.42 Å². The molecule has 0 fully saturated rings. The molecular formula is C21H16F4N2O2. The maximum atomic E-state index is 14.7. The van der Waals surface area contributed by atoms with Crippen molar-refractivity contribution in [3.05, 3.63) is 88.0 Å². The largest absolute Gasteiger partial charge is 0.478 e. The summed E-state index contributed by atoms with van der Waals surface area (Å²) in [6.45, 7) is 1.64. The normalized spacial score (nSPS) is 10.8. The highest BCUT2D eigenvalue weighted by Crippen LogP contribution is 2.31. The first kappa shape index (κ1) is 20.2. The van der Waals surface area contributed by atoms with Crippen LogP contribution in [0, 0.1) is 30.2 Å². The van der Waals surface area contributed by atoms with E-state index in [1.165, 1.54) is 30.3 Å². The van der Waals surface area contributed by atoms with E-state index in [-0.39, 0.29) is 22.5 Å². The molecule has 0 radical (unpaired) electrons. The molecule has 3 rings (SSSR count). The fourth-order valence-corrected chi connectivity index (χ4v) is 2.90. The Morgan fingerprint density at radius 2 is 1.72 bits per heavy atom. The molecule has 0 amide bonds. The zero-order valence-corrected chi connectivity index (χ0v) is 15.2. The second-order valence-electron chi connectivity index (χ2n) is 6.50. The Kier molecular flexibility index (Phi) is 5.45. The Morgan fingerprint density at radius 1 is 1.00 bits per heavy atom. The van der Waals surface area contributed by atoms with E-state index in [1.807, 2.05) is 0 Å². The van der Waals surface area contributed by atoms with Gasteiger partial charge in [-0.2, -0.15) is 0 Å². The first-order valence-corrected chi connectivity index (χ1v) is 8.49. The van der Waals surface area contributed by atoms with Gasteiger partial charge in [0, 0.05) is 6.42 Å². The third-order valence-electron chi connectivity index (χ3n) is 4.39. The zero-order chi connectivity index (χ0) is 21.3. The van der Waals surface area contributed by atoms with Crippen LogP contribution in [0.5, 0.6) is 0 Å². The number of aromatic carboxylic acids is 1. The van der Waals surface area contributed by atoms with Crippen LogP contribution in [0.25, 0.3) is 0 Å². The number of nitrogens with one attached hydrogen (secondary N) is 1. The minimum atomic E-state index is -1.56. The molecule has 0 aliphatic carbocycles. The summed E-state index contributed by atoms with van der Waals surface area (Å²) < 4.78 is 57.5. The predicted octanol–water partition coefficient (Wildman–Crippen LogP) is 5.17. The third kappa shape index (κ3) is 4.01. The lowest BCUT2D eigenvalue weighted by atomic mass is 9.99. The molecule has 0 unspecified atom stereocenters. The second kappa shape index (κ2) is 7.83. The highest BCUT2D eigenvalue weighted by atomic mass is 19.2. The first-order chi connectivity index (χ1) is 13.7. The van der Waals surface area contributed by atoms with Gasteiger partial charge in [0.1, 0.15) is 11.6 Å². The fraction of sp³-hybridized carbons (Fsp3) is 0.0952. The van der Waals surface area contributed by atoms with Gasteiger partial charge in [-0.3, -0.25) is 0 Å². The molecule has 3 aromatic rings. The number of aryl methyl sites for hydroxylation is 1. The molecule has 0 saturated carbocycles. The number of carbonyl (C=O) groups is 1. The maximum Gasteiger partial charge on any atom is 0.337 e. The SMILES string of the molecule is Cc1ccc(Nc2c(C(=O)O)cc(Cc3cccc(N)c3F)c(F)c2F)c(F)c1. The van der Waals surface area contributed by atoms with Crippen molar-refractivity contribution in [3.63, 3.8) is 0 Å². The van der Waals surface area contributed by atoms with Crippen LogP contribution in [0.4, 0.5) is 34.6 Å². The molecule has 0 bridgehead atoms. The van der Waals surface area contributed by atoms with E-state index in [4.69, 9.17) is 5.73 Å². The van der Waals surface area contributed by atoms with E-state index in [0.29, 0.717) is 5.56 Å². The van der Waals surface area contributed by atoms with Crippen molar-refractivity contribution in [2.75, 3.05) is 11.1 Å². The molecule has 4 nitrogen and oxygen atoms in total. The smallest absolute Gasteiger partial charge is 0.337 e. The van der Waals surface area contributed by atoms with Crippen LogP contribution in [0.1, 0.15) is 27.0 Å². The number of benzene rings is 3.